The normalized spacial score (nSPS) is 17.5. The Hall–Kier alpha value is -3.36. The Labute approximate surface area is 203 Å². The molecule has 1 saturated heterocycles. The van der Waals surface area contributed by atoms with E-state index in [9.17, 15) is 4.79 Å². The number of nitrogens with zero attached hydrogens (tertiary/aromatic N) is 4. The van der Waals surface area contributed by atoms with Gasteiger partial charge in [-0.25, -0.2) is 4.68 Å². The monoisotopic (exact) mass is 474 g/mol. The van der Waals surface area contributed by atoms with Gasteiger partial charge in [-0.05, 0) is 68.1 Å². The van der Waals surface area contributed by atoms with E-state index in [0.717, 1.165) is 46.5 Å². The fraction of sp³-hybridized carbons (Fsp3) is 0.269. The molecular weight excluding hydrogens is 448 g/mol. The molecule has 1 fully saturated rings. The van der Waals surface area contributed by atoms with Crippen LogP contribution in [0.25, 0.3) is 23.0 Å². The summed E-state index contributed by atoms with van der Waals surface area (Å²) in [5.74, 6) is 0.594. The number of hydrogen-bond acceptors (Lipinski definition) is 6. The lowest BCUT2D eigenvalue weighted by Gasteiger charge is -2.27. The van der Waals surface area contributed by atoms with Crippen LogP contribution < -0.4 is 4.74 Å². The smallest absolute Gasteiger partial charge is 0.286 e. The summed E-state index contributed by atoms with van der Waals surface area (Å²) < 4.78 is 13.1. The van der Waals surface area contributed by atoms with Crippen LogP contribution in [-0.4, -0.2) is 58.2 Å². The first-order valence-electron chi connectivity index (χ1n) is 11.3. The lowest BCUT2D eigenvalue weighted by Crippen LogP contribution is -2.38. The van der Waals surface area contributed by atoms with Crippen molar-refractivity contribution in [2.75, 3.05) is 26.3 Å². The van der Waals surface area contributed by atoms with Crippen LogP contribution in [0.2, 0.25) is 0 Å². The standard InChI is InChI=1S/C26H26N4O3S/c1-18(2)33-22-10-8-19(9-11-22)24-20(17-30(28-24)21-6-4-3-5-7-21)16-23-25(31)27-26(34-23)29-12-14-32-15-13-29/h3-11,16-18H,12-15H2,1-2H3/b23-16+. The number of amidine groups is 1. The molecule has 3 aromatic rings. The van der Waals surface area contributed by atoms with Gasteiger partial charge in [0, 0.05) is 30.4 Å². The van der Waals surface area contributed by atoms with E-state index in [1.807, 2.05) is 85.4 Å². The predicted octanol–water partition coefficient (Wildman–Crippen LogP) is 4.63. The predicted molar refractivity (Wildman–Crippen MR) is 135 cm³/mol. The highest BCUT2D eigenvalue weighted by Gasteiger charge is 2.28. The Morgan fingerprint density at radius 1 is 1.06 bits per heavy atom. The Balaban J connectivity index is 1.48. The number of hydrogen-bond donors (Lipinski definition) is 0. The number of carbonyl (C=O) groups excluding carboxylic acids is 1. The van der Waals surface area contributed by atoms with Gasteiger partial charge >= 0.3 is 0 Å². The van der Waals surface area contributed by atoms with Crippen LogP contribution >= 0.6 is 11.8 Å². The molecule has 2 aliphatic heterocycles. The van der Waals surface area contributed by atoms with Crippen molar-refractivity contribution in [3.05, 3.63) is 71.3 Å². The number of para-hydroxylation sites is 1. The van der Waals surface area contributed by atoms with Crippen LogP contribution in [0.3, 0.4) is 0 Å². The number of carbonyl (C=O) groups is 1. The third kappa shape index (κ3) is 4.93. The molecule has 0 saturated carbocycles. The van der Waals surface area contributed by atoms with Crippen LogP contribution in [0.4, 0.5) is 0 Å². The number of aliphatic imine (C=N–C) groups is 1. The SMILES string of the molecule is CC(C)Oc1ccc(-c2nn(-c3ccccc3)cc2/C=C2/SC(N3CCOCC3)=NC2=O)cc1. The van der Waals surface area contributed by atoms with E-state index in [1.165, 1.54) is 11.8 Å². The van der Waals surface area contributed by atoms with Gasteiger partial charge < -0.3 is 14.4 Å². The van der Waals surface area contributed by atoms with Crippen LogP contribution in [0, 0.1) is 0 Å². The molecular formula is C26H26N4O3S. The topological polar surface area (TPSA) is 68.9 Å². The summed E-state index contributed by atoms with van der Waals surface area (Å²) in [5.41, 5.74) is 3.54. The second kappa shape index (κ2) is 9.87. The van der Waals surface area contributed by atoms with Crippen molar-refractivity contribution in [3.63, 3.8) is 0 Å². The van der Waals surface area contributed by atoms with Gasteiger partial charge in [0.2, 0.25) is 0 Å². The van der Waals surface area contributed by atoms with E-state index in [4.69, 9.17) is 14.6 Å². The maximum absolute atomic E-state index is 12.7. The number of rotatable bonds is 5. The minimum Gasteiger partial charge on any atom is -0.491 e. The molecule has 1 amide bonds. The van der Waals surface area contributed by atoms with Crippen molar-refractivity contribution in [1.82, 2.24) is 14.7 Å². The quantitative estimate of drug-likeness (QED) is 0.503. The molecule has 3 heterocycles. The van der Waals surface area contributed by atoms with Gasteiger partial charge in [-0.3, -0.25) is 4.79 Å². The maximum atomic E-state index is 12.7. The second-order valence-corrected chi connectivity index (χ2v) is 9.32. The summed E-state index contributed by atoms with van der Waals surface area (Å²) in [6.45, 7) is 6.80. The van der Waals surface area contributed by atoms with Crippen molar-refractivity contribution in [3.8, 4) is 22.7 Å². The molecule has 2 aliphatic rings. The van der Waals surface area contributed by atoms with Crippen molar-refractivity contribution in [2.24, 2.45) is 4.99 Å². The lowest BCUT2D eigenvalue weighted by atomic mass is 10.1. The molecule has 0 aliphatic carbocycles. The molecule has 0 N–H and O–H groups in total. The molecule has 8 heteroatoms. The fourth-order valence-electron chi connectivity index (χ4n) is 3.82. The highest BCUT2D eigenvalue weighted by molar-refractivity contribution is 8.18. The molecule has 0 atom stereocenters. The second-order valence-electron chi connectivity index (χ2n) is 8.31. The van der Waals surface area contributed by atoms with Gasteiger partial charge in [0.1, 0.15) is 5.75 Å². The first kappa shape index (κ1) is 22.4. The maximum Gasteiger partial charge on any atom is 0.286 e. The van der Waals surface area contributed by atoms with E-state index in [1.54, 1.807) is 0 Å². The summed E-state index contributed by atoms with van der Waals surface area (Å²) in [6.07, 6.45) is 3.95. The zero-order chi connectivity index (χ0) is 23.5. The van der Waals surface area contributed by atoms with Gasteiger partial charge in [-0.2, -0.15) is 10.1 Å². The number of morpholine rings is 1. The summed E-state index contributed by atoms with van der Waals surface area (Å²) in [4.78, 5) is 19.7. The molecule has 174 valence electrons. The third-order valence-corrected chi connectivity index (χ3v) is 6.48. The molecule has 34 heavy (non-hydrogen) atoms. The highest BCUT2D eigenvalue weighted by Crippen LogP contribution is 2.34. The molecule has 5 rings (SSSR count). The van der Waals surface area contributed by atoms with Gasteiger partial charge in [0.15, 0.2) is 5.17 Å². The average Bonchev–Trinajstić information content (AvgIpc) is 3.44. The van der Waals surface area contributed by atoms with E-state index < -0.39 is 0 Å². The van der Waals surface area contributed by atoms with E-state index in [0.29, 0.717) is 18.1 Å². The number of ether oxygens (including phenoxy) is 2. The van der Waals surface area contributed by atoms with E-state index in [-0.39, 0.29) is 12.0 Å². The Kier molecular flexibility index (Phi) is 6.51. The highest BCUT2D eigenvalue weighted by atomic mass is 32.2. The lowest BCUT2D eigenvalue weighted by molar-refractivity contribution is -0.113. The van der Waals surface area contributed by atoms with Crippen molar-refractivity contribution < 1.29 is 14.3 Å². The fourth-order valence-corrected chi connectivity index (χ4v) is 4.78. The van der Waals surface area contributed by atoms with Crippen molar-refractivity contribution in [1.29, 1.82) is 0 Å². The Bertz CT molecular complexity index is 1230. The van der Waals surface area contributed by atoms with Crippen molar-refractivity contribution in [2.45, 2.75) is 20.0 Å². The van der Waals surface area contributed by atoms with E-state index >= 15 is 0 Å². The number of aromatic nitrogens is 2. The van der Waals surface area contributed by atoms with Crippen LogP contribution in [-0.2, 0) is 9.53 Å². The number of amides is 1. The van der Waals surface area contributed by atoms with Crippen molar-refractivity contribution >= 4 is 28.9 Å². The molecule has 0 radical (unpaired) electrons. The first-order valence-corrected chi connectivity index (χ1v) is 12.2. The molecule has 0 bridgehead atoms. The summed E-state index contributed by atoms with van der Waals surface area (Å²) in [7, 11) is 0. The van der Waals surface area contributed by atoms with E-state index in [2.05, 4.69) is 9.89 Å². The Morgan fingerprint density at radius 2 is 1.79 bits per heavy atom. The third-order valence-electron chi connectivity index (χ3n) is 5.44. The summed E-state index contributed by atoms with van der Waals surface area (Å²) in [6, 6.07) is 17.8. The molecule has 0 spiro atoms. The molecule has 2 aromatic carbocycles. The van der Waals surface area contributed by atoms with Crippen LogP contribution in [0.15, 0.2) is 70.7 Å². The van der Waals surface area contributed by atoms with Gasteiger partial charge in [-0.15, -0.1) is 0 Å². The molecule has 0 unspecified atom stereocenters. The van der Waals surface area contributed by atoms with Gasteiger partial charge in [0.05, 0.1) is 35.6 Å². The molecule has 1 aromatic heterocycles. The van der Waals surface area contributed by atoms with Crippen LogP contribution in [0.1, 0.15) is 19.4 Å². The minimum absolute atomic E-state index is 0.106. The average molecular weight is 475 g/mol. The van der Waals surface area contributed by atoms with Crippen LogP contribution in [0.5, 0.6) is 5.75 Å². The minimum atomic E-state index is -0.217. The summed E-state index contributed by atoms with van der Waals surface area (Å²) in [5, 5.41) is 5.61. The zero-order valence-corrected chi connectivity index (χ0v) is 20.0. The number of benzene rings is 2. The molecule has 7 nitrogen and oxygen atoms in total. The summed E-state index contributed by atoms with van der Waals surface area (Å²) >= 11 is 1.41. The van der Waals surface area contributed by atoms with Gasteiger partial charge in [-0.1, -0.05) is 18.2 Å². The largest absolute Gasteiger partial charge is 0.491 e. The number of thioether (sulfide) groups is 1. The Morgan fingerprint density at radius 3 is 2.50 bits per heavy atom. The van der Waals surface area contributed by atoms with Gasteiger partial charge in [0.25, 0.3) is 5.91 Å². The zero-order valence-electron chi connectivity index (χ0n) is 19.2. The first-order chi connectivity index (χ1) is 16.6.